The summed E-state index contributed by atoms with van der Waals surface area (Å²) < 4.78 is 7.24. The molecule has 0 N–H and O–H groups in total. The van der Waals surface area contributed by atoms with Gasteiger partial charge in [-0.1, -0.05) is 23.9 Å². The lowest BCUT2D eigenvalue weighted by Gasteiger charge is -2.09. The van der Waals surface area contributed by atoms with Crippen molar-refractivity contribution in [2.45, 2.75) is 31.5 Å². The number of rotatable bonds is 6. The Labute approximate surface area is 118 Å². The average Bonchev–Trinajstić information content (AvgIpc) is 2.88. The van der Waals surface area contributed by atoms with Crippen LogP contribution in [0.4, 0.5) is 0 Å². The molecule has 2 aromatic rings. The van der Waals surface area contributed by atoms with Gasteiger partial charge in [0.2, 0.25) is 0 Å². The number of aryl methyl sites for hydroxylation is 1. The third-order valence-corrected chi connectivity index (χ3v) is 3.84. The van der Waals surface area contributed by atoms with Gasteiger partial charge in [-0.05, 0) is 38.0 Å². The van der Waals surface area contributed by atoms with Gasteiger partial charge in [-0.25, -0.2) is 0 Å². The van der Waals surface area contributed by atoms with Crippen molar-refractivity contribution in [2.24, 2.45) is 0 Å². The Kier molecular flexibility index (Phi) is 4.85. The number of aromatic nitrogens is 3. The molecule has 0 radical (unpaired) electrons. The molecule has 0 fully saturated rings. The molecule has 1 aromatic heterocycles. The number of hydrogen-bond acceptors (Lipinski definition) is 4. The smallest absolute Gasteiger partial charge is 0.191 e. The van der Waals surface area contributed by atoms with E-state index in [0.29, 0.717) is 6.04 Å². The fourth-order valence-electron chi connectivity index (χ4n) is 1.74. The monoisotopic (exact) mass is 277 g/mol. The molecule has 0 spiro atoms. The largest absolute Gasteiger partial charge is 0.497 e. The first kappa shape index (κ1) is 13.9. The number of thioether (sulfide) groups is 1. The fourth-order valence-corrected chi connectivity index (χ4v) is 2.77. The van der Waals surface area contributed by atoms with Crippen molar-refractivity contribution in [3.8, 4) is 5.75 Å². The Hall–Kier alpha value is -1.49. The lowest BCUT2D eigenvalue weighted by atomic mass is 10.2. The molecule has 2 rings (SSSR count). The molecule has 102 valence electrons. The van der Waals surface area contributed by atoms with E-state index < -0.39 is 0 Å². The Balaban J connectivity index is 1.87. The van der Waals surface area contributed by atoms with E-state index in [-0.39, 0.29) is 0 Å². The first-order valence-corrected chi connectivity index (χ1v) is 7.34. The van der Waals surface area contributed by atoms with Crippen LogP contribution < -0.4 is 4.74 Å². The van der Waals surface area contributed by atoms with Crippen LogP contribution in [0.15, 0.2) is 35.7 Å². The third-order valence-electron chi connectivity index (χ3n) is 2.88. The van der Waals surface area contributed by atoms with Crippen molar-refractivity contribution in [1.29, 1.82) is 0 Å². The third kappa shape index (κ3) is 3.73. The zero-order chi connectivity index (χ0) is 13.7. The average molecular weight is 277 g/mol. The first-order valence-electron chi connectivity index (χ1n) is 6.36. The lowest BCUT2D eigenvalue weighted by Crippen LogP contribution is -2.01. The summed E-state index contributed by atoms with van der Waals surface area (Å²) in [6.45, 7) is 4.27. The topological polar surface area (TPSA) is 39.9 Å². The molecular formula is C14H19N3OS. The highest BCUT2D eigenvalue weighted by Crippen LogP contribution is 2.20. The SMILES string of the molecule is COc1ccc(CCSc2nncn2C(C)C)cc1. The summed E-state index contributed by atoms with van der Waals surface area (Å²) in [5.41, 5.74) is 1.31. The van der Waals surface area contributed by atoms with Gasteiger partial charge >= 0.3 is 0 Å². The second-order valence-electron chi connectivity index (χ2n) is 4.56. The predicted molar refractivity (Wildman–Crippen MR) is 77.8 cm³/mol. The molecule has 0 aliphatic carbocycles. The highest BCUT2D eigenvalue weighted by molar-refractivity contribution is 7.99. The summed E-state index contributed by atoms with van der Waals surface area (Å²) in [4.78, 5) is 0. The first-order chi connectivity index (χ1) is 9.20. The maximum atomic E-state index is 5.15. The van der Waals surface area contributed by atoms with Crippen LogP contribution in [-0.2, 0) is 6.42 Å². The Morgan fingerprint density at radius 2 is 2.00 bits per heavy atom. The molecule has 5 heteroatoms. The molecule has 0 amide bonds. The van der Waals surface area contributed by atoms with Gasteiger partial charge in [0.25, 0.3) is 0 Å². The molecule has 0 bridgehead atoms. The van der Waals surface area contributed by atoms with Crippen molar-refractivity contribution >= 4 is 11.8 Å². The molecule has 4 nitrogen and oxygen atoms in total. The van der Waals surface area contributed by atoms with Crippen molar-refractivity contribution in [2.75, 3.05) is 12.9 Å². The molecule has 1 aromatic carbocycles. The van der Waals surface area contributed by atoms with Crippen LogP contribution in [0.5, 0.6) is 5.75 Å². The summed E-state index contributed by atoms with van der Waals surface area (Å²) in [6.07, 6.45) is 2.81. The van der Waals surface area contributed by atoms with Crippen molar-refractivity contribution in [3.63, 3.8) is 0 Å². The molecule has 0 atom stereocenters. The normalized spacial score (nSPS) is 10.9. The van der Waals surface area contributed by atoms with Crippen molar-refractivity contribution in [3.05, 3.63) is 36.2 Å². The molecular weight excluding hydrogens is 258 g/mol. The van der Waals surface area contributed by atoms with Gasteiger partial charge in [0.1, 0.15) is 12.1 Å². The van der Waals surface area contributed by atoms with E-state index in [0.717, 1.165) is 23.1 Å². The summed E-state index contributed by atoms with van der Waals surface area (Å²) in [6, 6.07) is 8.60. The number of ether oxygens (including phenoxy) is 1. The van der Waals surface area contributed by atoms with Crippen LogP contribution in [0.25, 0.3) is 0 Å². The predicted octanol–water partition coefficient (Wildman–Crippen LogP) is 3.20. The van der Waals surface area contributed by atoms with Crippen LogP contribution in [0.1, 0.15) is 25.5 Å². The Morgan fingerprint density at radius 3 is 2.63 bits per heavy atom. The highest BCUT2D eigenvalue weighted by atomic mass is 32.2. The standard InChI is InChI=1S/C14H19N3OS/c1-11(2)17-10-15-16-14(17)19-9-8-12-4-6-13(18-3)7-5-12/h4-7,10-11H,8-9H2,1-3H3. The van der Waals surface area contributed by atoms with Gasteiger partial charge in [-0.2, -0.15) is 0 Å². The van der Waals surface area contributed by atoms with E-state index in [4.69, 9.17) is 4.74 Å². The summed E-state index contributed by atoms with van der Waals surface area (Å²) in [5, 5.41) is 9.11. The van der Waals surface area contributed by atoms with E-state index in [1.54, 1.807) is 25.2 Å². The minimum atomic E-state index is 0.401. The zero-order valence-electron chi connectivity index (χ0n) is 11.5. The molecule has 0 saturated carbocycles. The van der Waals surface area contributed by atoms with E-state index in [1.165, 1.54) is 5.56 Å². The van der Waals surface area contributed by atoms with Crippen molar-refractivity contribution < 1.29 is 4.74 Å². The van der Waals surface area contributed by atoms with E-state index in [9.17, 15) is 0 Å². The molecule has 0 aliphatic heterocycles. The van der Waals surface area contributed by atoms with E-state index >= 15 is 0 Å². The number of hydrogen-bond donors (Lipinski definition) is 0. The Bertz CT molecular complexity index is 508. The summed E-state index contributed by atoms with van der Waals surface area (Å²) >= 11 is 1.74. The minimum Gasteiger partial charge on any atom is -0.497 e. The second kappa shape index (κ2) is 6.61. The summed E-state index contributed by atoms with van der Waals surface area (Å²) in [5.74, 6) is 1.90. The zero-order valence-corrected chi connectivity index (χ0v) is 12.4. The maximum absolute atomic E-state index is 5.15. The van der Waals surface area contributed by atoms with E-state index in [1.807, 2.05) is 12.1 Å². The van der Waals surface area contributed by atoms with Gasteiger partial charge < -0.3 is 9.30 Å². The molecule has 0 aliphatic rings. The lowest BCUT2D eigenvalue weighted by molar-refractivity contribution is 0.414. The van der Waals surface area contributed by atoms with Crippen LogP contribution in [0.3, 0.4) is 0 Å². The Morgan fingerprint density at radius 1 is 1.26 bits per heavy atom. The molecule has 19 heavy (non-hydrogen) atoms. The second-order valence-corrected chi connectivity index (χ2v) is 5.62. The molecule has 0 unspecified atom stereocenters. The maximum Gasteiger partial charge on any atom is 0.191 e. The van der Waals surface area contributed by atoms with E-state index in [2.05, 4.69) is 40.7 Å². The highest BCUT2D eigenvalue weighted by Gasteiger charge is 2.07. The fraction of sp³-hybridized carbons (Fsp3) is 0.429. The number of methoxy groups -OCH3 is 1. The molecule has 1 heterocycles. The van der Waals surface area contributed by atoms with Gasteiger partial charge in [-0.3, -0.25) is 0 Å². The number of nitrogens with zero attached hydrogens (tertiary/aromatic N) is 3. The molecule has 0 saturated heterocycles. The minimum absolute atomic E-state index is 0.401. The van der Waals surface area contributed by atoms with Gasteiger partial charge in [0.15, 0.2) is 5.16 Å². The number of benzene rings is 1. The van der Waals surface area contributed by atoms with Crippen LogP contribution in [-0.4, -0.2) is 27.6 Å². The van der Waals surface area contributed by atoms with Crippen LogP contribution in [0, 0.1) is 0 Å². The summed E-state index contributed by atoms with van der Waals surface area (Å²) in [7, 11) is 1.68. The quantitative estimate of drug-likeness (QED) is 0.760. The van der Waals surface area contributed by atoms with Crippen LogP contribution >= 0.6 is 11.8 Å². The van der Waals surface area contributed by atoms with Crippen molar-refractivity contribution in [1.82, 2.24) is 14.8 Å². The van der Waals surface area contributed by atoms with Gasteiger partial charge in [-0.15, -0.1) is 10.2 Å². The van der Waals surface area contributed by atoms with Gasteiger partial charge in [0, 0.05) is 11.8 Å². The van der Waals surface area contributed by atoms with Gasteiger partial charge in [0.05, 0.1) is 7.11 Å². The van der Waals surface area contributed by atoms with Crippen LogP contribution in [0.2, 0.25) is 0 Å².